The molecule has 0 amide bonds. The summed E-state index contributed by atoms with van der Waals surface area (Å²) in [6.07, 6.45) is 2.80. The molecule has 0 radical (unpaired) electrons. The van der Waals surface area contributed by atoms with E-state index in [0.717, 1.165) is 11.8 Å². The molecule has 0 aliphatic carbocycles. The molecule has 0 atom stereocenters. The van der Waals surface area contributed by atoms with E-state index in [1.807, 2.05) is 30.5 Å². The standard InChI is InChI=1S/C20H21F2N5OS/c1-27(2)29-25-11-13-6-7-23-19(8-13)26-20-10-16(17(22)12-24-20)15-5-4-14(21)9-18(15)28-3/h4-10,12,25H,11H2,1-3H3,(H,23,24,26). The molecule has 0 aliphatic heterocycles. The summed E-state index contributed by atoms with van der Waals surface area (Å²) in [7, 11) is 5.31. The van der Waals surface area contributed by atoms with Crippen molar-refractivity contribution < 1.29 is 13.5 Å². The average Bonchev–Trinajstić information content (AvgIpc) is 2.69. The maximum Gasteiger partial charge on any atom is 0.149 e. The Hall–Kier alpha value is -2.75. The van der Waals surface area contributed by atoms with Gasteiger partial charge in [0.05, 0.1) is 13.3 Å². The van der Waals surface area contributed by atoms with E-state index in [2.05, 4.69) is 20.0 Å². The molecule has 2 N–H and O–H groups in total. The van der Waals surface area contributed by atoms with Crippen LogP contribution < -0.4 is 14.8 Å². The highest BCUT2D eigenvalue weighted by Gasteiger charge is 2.13. The summed E-state index contributed by atoms with van der Waals surface area (Å²) in [6.45, 7) is 0.648. The van der Waals surface area contributed by atoms with Gasteiger partial charge in [-0.25, -0.2) is 27.8 Å². The summed E-state index contributed by atoms with van der Waals surface area (Å²) in [6, 6.07) is 9.28. The second kappa shape index (κ2) is 9.64. The lowest BCUT2D eigenvalue weighted by molar-refractivity contribution is 0.412. The lowest BCUT2D eigenvalue weighted by Gasteiger charge is -2.12. The number of pyridine rings is 2. The number of nitrogens with zero attached hydrogens (tertiary/aromatic N) is 3. The van der Waals surface area contributed by atoms with Crippen molar-refractivity contribution in [2.45, 2.75) is 6.54 Å². The number of anilines is 2. The van der Waals surface area contributed by atoms with Gasteiger partial charge in [0.25, 0.3) is 0 Å². The average molecular weight is 417 g/mol. The van der Waals surface area contributed by atoms with Crippen LogP contribution in [0.2, 0.25) is 0 Å². The fourth-order valence-electron chi connectivity index (χ4n) is 2.63. The lowest BCUT2D eigenvalue weighted by atomic mass is 10.0. The van der Waals surface area contributed by atoms with Crippen LogP contribution >= 0.6 is 12.1 Å². The number of nitrogens with one attached hydrogen (secondary N) is 2. The molecule has 0 saturated heterocycles. The molecule has 2 aromatic heterocycles. The predicted octanol–water partition coefficient (Wildman–Crippen LogP) is 4.39. The van der Waals surface area contributed by atoms with Crippen LogP contribution in [0.4, 0.5) is 20.4 Å². The van der Waals surface area contributed by atoms with E-state index in [0.29, 0.717) is 23.7 Å². The Balaban J connectivity index is 1.82. The third-order valence-corrected chi connectivity index (χ3v) is 4.55. The minimum atomic E-state index is -0.535. The highest BCUT2D eigenvalue weighted by molar-refractivity contribution is 7.95. The second-order valence-electron chi connectivity index (χ2n) is 6.29. The number of aromatic nitrogens is 2. The van der Waals surface area contributed by atoms with E-state index in [1.165, 1.54) is 37.4 Å². The maximum absolute atomic E-state index is 14.4. The first-order valence-electron chi connectivity index (χ1n) is 8.75. The Bertz CT molecular complexity index is 987. The Labute approximate surface area is 172 Å². The van der Waals surface area contributed by atoms with E-state index in [9.17, 15) is 8.78 Å². The molecule has 0 fully saturated rings. The molecule has 3 rings (SSSR count). The monoisotopic (exact) mass is 417 g/mol. The minimum Gasteiger partial charge on any atom is -0.496 e. The Kier molecular flexibility index (Phi) is 6.97. The van der Waals surface area contributed by atoms with E-state index < -0.39 is 11.6 Å². The number of hydrogen-bond acceptors (Lipinski definition) is 7. The summed E-state index contributed by atoms with van der Waals surface area (Å²) in [5.74, 6) is 0.238. The first-order valence-corrected chi connectivity index (χ1v) is 9.52. The number of ether oxygens (including phenoxy) is 1. The minimum absolute atomic E-state index is 0.241. The molecular weight excluding hydrogens is 396 g/mol. The number of hydrogen-bond donors (Lipinski definition) is 2. The van der Waals surface area contributed by atoms with Crippen LogP contribution in [0.5, 0.6) is 5.75 Å². The van der Waals surface area contributed by atoms with Gasteiger partial charge in [0.2, 0.25) is 0 Å². The fourth-order valence-corrected chi connectivity index (χ4v) is 3.12. The summed E-state index contributed by atoms with van der Waals surface area (Å²) in [5, 5.41) is 3.08. The van der Waals surface area contributed by atoms with Gasteiger partial charge in [0.1, 0.15) is 29.0 Å². The van der Waals surface area contributed by atoms with Crippen molar-refractivity contribution in [3.05, 3.63) is 66.0 Å². The molecule has 6 nitrogen and oxygen atoms in total. The zero-order chi connectivity index (χ0) is 20.8. The Morgan fingerprint density at radius 1 is 1.03 bits per heavy atom. The first-order chi connectivity index (χ1) is 14.0. The number of benzene rings is 1. The number of rotatable bonds is 8. The van der Waals surface area contributed by atoms with Gasteiger partial charge in [0.15, 0.2) is 0 Å². The summed E-state index contributed by atoms with van der Waals surface area (Å²) >= 11 is 1.49. The molecule has 1 aromatic carbocycles. The normalized spacial score (nSPS) is 11.0. The van der Waals surface area contributed by atoms with Crippen LogP contribution in [0.1, 0.15) is 5.56 Å². The largest absolute Gasteiger partial charge is 0.496 e. The zero-order valence-electron chi connectivity index (χ0n) is 16.2. The van der Waals surface area contributed by atoms with Crippen molar-refractivity contribution in [1.82, 2.24) is 19.0 Å². The Morgan fingerprint density at radius 2 is 1.83 bits per heavy atom. The van der Waals surface area contributed by atoms with E-state index in [4.69, 9.17) is 4.74 Å². The molecule has 0 bridgehead atoms. The van der Waals surface area contributed by atoms with Crippen molar-refractivity contribution in [2.24, 2.45) is 0 Å². The number of halogens is 2. The number of methoxy groups -OCH3 is 1. The zero-order valence-corrected chi connectivity index (χ0v) is 17.1. The first kappa shape index (κ1) is 21.0. The van der Waals surface area contributed by atoms with Crippen molar-refractivity contribution in [2.75, 3.05) is 26.5 Å². The molecule has 0 aliphatic rings. The highest BCUT2D eigenvalue weighted by atomic mass is 32.2. The van der Waals surface area contributed by atoms with Crippen molar-refractivity contribution >= 4 is 23.8 Å². The van der Waals surface area contributed by atoms with Gasteiger partial charge in [-0.2, -0.15) is 0 Å². The summed E-state index contributed by atoms with van der Waals surface area (Å²) in [4.78, 5) is 8.36. The van der Waals surface area contributed by atoms with Crippen LogP contribution in [0, 0.1) is 11.6 Å². The van der Waals surface area contributed by atoms with Crippen LogP contribution in [-0.4, -0.2) is 35.5 Å². The SMILES string of the molecule is COc1cc(F)ccc1-c1cc(Nc2cc(CNSN(C)C)ccn2)ncc1F. The van der Waals surface area contributed by atoms with Gasteiger partial charge >= 0.3 is 0 Å². The molecule has 3 aromatic rings. The van der Waals surface area contributed by atoms with E-state index >= 15 is 0 Å². The third-order valence-electron chi connectivity index (χ3n) is 3.91. The molecule has 0 saturated carbocycles. The van der Waals surface area contributed by atoms with Gasteiger partial charge in [-0.1, -0.05) is 0 Å². The van der Waals surface area contributed by atoms with Crippen LogP contribution in [0.25, 0.3) is 11.1 Å². The smallest absolute Gasteiger partial charge is 0.149 e. The molecular formula is C20H21F2N5OS. The van der Waals surface area contributed by atoms with Gasteiger partial charge in [0, 0.05) is 42.1 Å². The fraction of sp³-hybridized carbons (Fsp3) is 0.200. The molecule has 2 heterocycles. The molecule has 152 valence electrons. The van der Waals surface area contributed by atoms with Crippen LogP contribution in [0.3, 0.4) is 0 Å². The summed E-state index contributed by atoms with van der Waals surface area (Å²) in [5.41, 5.74) is 1.71. The van der Waals surface area contributed by atoms with E-state index in [-0.39, 0.29) is 11.3 Å². The quantitative estimate of drug-likeness (QED) is 0.527. The van der Waals surface area contributed by atoms with E-state index in [1.54, 1.807) is 12.3 Å². The highest BCUT2D eigenvalue weighted by Crippen LogP contribution is 2.33. The van der Waals surface area contributed by atoms with Crippen LogP contribution in [-0.2, 0) is 6.54 Å². The third kappa shape index (κ3) is 5.63. The molecule has 0 spiro atoms. The second-order valence-corrected chi connectivity index (χ2v) is 7.49. The summed E-state index contributed by atoms with van der Waals surface area (Å²) < 4.78 is 38.3. The van der Waals surface area contributed by atoms with Gasteiger partial charge in [-0.05, 0) is 50.0 Å². The molecule has 9 heteroatoms. The van der Waals surface area contributed by atoms with Gasteiger partial charge in [-0.3, -0.25) is 0 Å². The predicted molar refractivity (Wildman–Crippen MR) is 112 cm³/mol. The van der Waals surface area contributed by atoms with Crippen LogP contribution in [0.15, 0.2) is 48.8 Å². The Morgan fingerprint density at radius 3 is 2.59 bits per heavy atom. The van der Waals surface area contributed by atoms with Crippen molar-refractivity contribution in [3.8, 4) is 16.9 Å². The molecule has 0 unspecified atom stereocenters. The van der Waals surface area contributed by atoms with Crippen molar-refractivity contribution in [3.63, 3.8) is 0 Å². The maximum atomic E-state index is 14.4. The van der Waals surface area contributed by atoms with Gasteiger partial charge < -0.3 is 10.1 Å². The molecule has 29 heavy (non-hydrogen) atoms. The van der Waals surface area contributed by atoms with Gasteiger partial charge in [-0.15, -0.1) is 0 Å². The van der Waals surface area contributed by atoms with Crippen molar-refractivity contribution in [1.29, 1.82) is 0 Å². The lowest BCUT2D eigenvalue weighted by Crippen LogP contribution is -2.12. The topological polar surface area (TPSA) is 62.3 Å².